The Morgan fingerprint density at radius 2 is 1.82 bits per heavy atom. The molecule has 0 unspecified atom stereocenters. The second kappa shape index (κ2) is 5.85. The summed E-state index contributed by atoms with van der Waals surface area (Å²) in [6.45, 7) is 0.550. The van der Waals surface area contributed by atoms with Crippen LogP contribution in [-0.2, 0) is 4.79 Å². The molecule has 0 radical (unpaired) electrons. The molecule has 0 saturated heterocycles. The smallest absolute Gasteiger partial charge is 0.155 e. The van der Waals surface area contributed by atoms with Gasteiger partial charge in [0.2, 0.25) is 0 Å². The number of carbonyl (C=O) groups excluding carboxylic acids is 1. The lowest BCUT2D eigenvalue weighted by Crippen LogP contribution is -2.31. The van der Waals surface area contributed by atoms with Gasteiger partial charge in [-0.15, -0.1) is 0 Å². The summed E-state index contributed by atoms with van der Waals surface area (Å²) in [7, 11) is 2.00. The average Bonchev–Trinajstić information content (AvgIpc) is 2.40. The van der Waals surface area contributed by atoms with E-state index in [9.17, 15) is 4.79 Å². The average molecular weight is 231 g/mol. The summed E-state index contributed by atoms with van der Waals surface area (Å²) in [6, 6.07) is 10.1. The number of anilines is 1. The molecule has 1 aliphatic rings. The molecule has 0 N–H and O–H groups in total. The van der Waals surface area contributed by atoms with Crippen LogP contribution in [0, 0.1) is 5.92 Å². The maximum atomic E-state index is 12.1. The van der Waals surface area contributed by atoms with Crippen molar-refractivity contribution in [3.05, 3.63) is 30.3 Å². The first kappa shape index (κ1) is 12.2. The van der Waals surface area contributed by atoms with Crippen LogP contribution in [0.3, 0.4) is 0 Å². The van der Waals surface area contributed by atoms with E-state index >= 15 is 0 Å². The van der Waals surface area contributed by atoms with Gasteiger partial charge in [-0.3, -0.25) is 4.79 Å². The Hall–Kier alpha value is -1.31. The lowest BCUT2D eigenvalue weighted by Gasteiger charge is -2.24. The van der Waals surface area contributed by atoms with E-state index in [2.05, 4.69) is 4.90 Å². The van der Waals surface area contributed by atoms with E-state index in [1.54, 1.807) is 0 Å². The standard InChI is InChI=1S/C15H21NO/c1-16(14-10-6-3-7-11-14)12-15(17)13-8-4-2-5-9-13/h3,6-7,10-11,13H,2,4-5,8-9,12H2,1H3. The summed E-state index contributed by atoms with van der Waals surface area (Å²) in [6.07, 6.45) is 5.96. The minimum absolute atomic E-state index is 0.315. The third kappa shape index (κ3) is 3.32. The van der Waals surface area contributed by atoms with Crippen LogP contribution in [0.1, 0.15) is 32.1 Å². The van der Waals surface area contributed by atoms with E-state index in [-0.39, 0.29) is 0 Å². The van der Waals surface area contributed by atoms with Gasteiger partial charge in [-0.2, -0.15) is 0 Å². The Balaban J connectivity index is 1.89. The number of rotatable bonds is 4. The molecule has 0 spiro atoms. The third-order valence-corrected chi connectivity index (χ3v) is 3.65. The van der Waals surface area contributed by atoms with Crippen LogP contribution in [-0.4, -0.2) is 19.4 Å². The summed E-state index contributed by atoms with van der Waals surface area (Å²) >= 11 is 0. The maximum absolute atomic E-state index is 12.1. The molecule has 0 atom stereocenters. The van der Waals surface area contributed by atoms with E-state index in [0.717, 1.165) is 18.5 Å². The Morgan fingerprint density at radius 1 is 1.18 bits per heavy atom. The number of benzene rings is 1. The van der Waals surface area contributed by atoms with Crippen LogP contribution in [0.5, 0.6) is 0 Å². The minimum Gasteiger partial charge on any atom is -0.367 e. The molecule has 1 aromatic carbocycles. The monoisotopic (exact) mass is 231 g/mol. The van der Waals surface area contributed by atoms with Gasteiger partial charge < -0.3 is 4.90 Å². The molecule has 17 heavy (non-hydrogen) atoms. The maximum Gasteiger partial charge on any atom is 0.155 e. The van der Waals surface area contributed by atoms with Crippen molar-refractivity contribution in [2.24, 2.45) is 5.92 Å². The summed E-state index contributed by atoms with van der Waals surface area (Å²) < 4.78 is 0. The lowest BCUT2D eigenvalue weighted by molar-refractivity contribution is -0.122. The fourth-order valence-corrected chi connectivity index (χ4v) is 2.56. The van der Waals surface area contributed by atoms with E-state index in [4.69, 9.17) is 0 Å². The number of ketones is 1. The highest BCUT2D eigenvalue weighted by Gasteiger charge is 2.21. The van der Waals surface area contributed by atoms with Crippen molar-refractivity contribution < 1.29 is 4.79 Å². The van der Waals surface area contributed by atoms with Gasteiger partial charge in [0.1, 0.15) is 0 Å². The lowest BCUT2D eigenvalue weighted by atomic mass is 9.86. The number of hydrogen-bond acceptors (Lipinski definition) is 2. The fraction of sp³-hybridized carbons (Fsp3) is 0.533. The molecule has 1 aliphatic carbocycles. The van der Waals surface area contributed by atoms with Crippen molar-refractivity contribution in [1.82, 2.24) is 0 Å². The quantitative estimate of drug-likeness (QED) is 0.792. The summed E-state index contributed by atoms with van der Waals surface area (Å²) in [5.41, 5.74) is 1.12. The SMILES string of the molecule is CN(CC(=O)C1CCCCC1)c1ccccc1. The van der Waals surface area contributed by atoms with Crippen molar-refractivity contribution in [1.29, 1.82) is 0 Å². The largest absolute Gasteiger partial charge is 0.367 e. The molecule has 0 amide bonds. The van der Waals surface area contributed by atoms with Crippen LogP contribution in [0.4, 0.5) is 5.69 Å². The number of hydrogen-bond donors (Lipinski definition) is 0. The minimum atomic E-state index is 0.315. The highest BCUT2D eigenvalue weighted by Crippen LogP contribution is 2.25. The second-order valence-electron chi connectivity index (χ2n) is 4.99. The van der Waals surface area contributed by atoms with Crippen LogP contribution in [0.25, 0.3) is 0 Å². The zero-order chi connectivity index (χ0) is 12.1. The topological polar surface area (TPSA) is 20.3 Å². The molecule has 1 aromatic rings. The van der Waals surface area contributed by atoms with Crippen molar-refractivity contribution >= 4 is 11.5 Å². The van der Waals surface area contributed by atoms with Gasteiger partial charge in [0.15, 0.2) is 5.78 Å². The van der Waals surface area contributed by atoms with E-state index in [0.29, 0.717) is 18.2 Å². The van der Waals surface area contributed by atoms with Crippen molar-refractivity contribution in [2.45, 2.75) is 32.1 Å². The van der Waals surface area contributed by atoms with Gasteiger partial charge >= 0.3 is 0 Å². The van der Waals surface area contributed by atoms with Crippen LogP contribution >= 0.6 is 0 Å². The Morgan fingerprint density at radius 3 is 2.47 bits per heavy atom. The first-order chi connectivity index (χ1) is 8.27. The number of carbonyl (C=O) groups is 1. The van der Waals surface area contributed by atoms with Crippen molar-refractivity contribution in [2.75, 3.05) is 18.5 Å². The molecule has 92 valence electrons. The molecule has 1 saturated carbocycles. The van der Waals surface area contributed by atoms with Gasteiger partial charge in [0.05, 0.1) is 6.54 Å². The zero-order valence-corrected chi connectivity index (χ0v) is 10.6. The van der Waals surface area contributed by atoms with Gasteiger partial charge in [-0.25, -0.2) is 0 Å². The Bertz CT molecular complexity index is 354. The van der Waals surface area contributed by atoms with Gasteiger partial charge in [0.25, 0.3) is 0 Å². The van der Waals surface area contributed by atoms with Crippen molar-refractivity contribution in [3.63, 3.8) is 0 Å². The molecule has 2 nitrogen and oxygen atoms in total. The highest BCUT2D eigenvalue weighted by molar-refractivity contribution is 5.85. The summed E-state index contributed by atoms with van der Waals surface area (Å²) in [5, 5.41) is 0. The molecule has 0 bridgehead atoms. The Labute approximate surface area is 104 Å². The van der Waals surface area contributed by atoms with E-state index < -0.39 is 0 Å². The third-order valence-electron chi connectivity index (χ3n) is 3.65. The van der Waals surface area contributed by atoms with E-state index in [1.165, 1.54) is 19.3 Å². The molecular weight excluding hydrogens is 210 g/mol. The predicted octanol–water partition coefficient (Wildman–Crippen LogP) is 3.27. The molecule has 0 aromatic heterocycles. The van der Waals surface area contributed by atoms with Crippen LogP contribution < -0.4 is 4.90 Å². The number of Topliss-reactive ketones (excluding diaryl/α,β-unsaturated/α-hetero) is 1. The molecule has 2 rings (SSSR count). The first-order valence-corrected chi connectivity index (χ1v) is 6.56. The Kier molecular flexibility index (Phi) is 4.18. The predicted molar refractivity (Wildman–Crippen MR) is 71.3 cm³/mol. The highest BCUT2D eigenvalue weighted by atomic mass is 16.1. The van der Waals surface area contributed by atoms with Gasteiger partial charge in [0, 0.05) is 18.7 Å². The first-order valence-electron chi connectivity index (χ1n) is 6.56. The van der Waals surface area contributed by atoms with Crippen LogP contribution in [0.2, 0.25) is 0 Å². The molecular formula is C15H21NO. The van der Waals surface area contributed by atoms with Gasteiger partial charge in [-0.05, 0) is 25.0 Å². The van der Waals surface area contributed by atoms with Crippen LogP contribution in [0.15, 0.2) is 30.3 Å². The number of nitrogens with zero attached hydrogens (tertiary/aromatic N) is 1. The second-order valence-corrected chi connectivity index (χ2v) is 4.99. The normalized spacial score (nSPS) is 16.8. The molecule has 0 heterocycles. The number of likely N-dealkylation sites (N-methyl/N-ethyl adjacent to an activating group) is 1. The van der Waals surface area contributed by atoms with Crippen molar-refractivity contribution in [3.8, 4) is 0 Å². The molecule has 2 heteroatoms. The van der Waals surface area contributed by atoms with E-state index in [1.807, 2.05) is 37.4 Å². The fourth-order valence-electron chi connectivity index (χ4n) is 2.56. The summed E-state index contributed by atoms with van der Waals surface area (Å²) in [5.74, 6) is 0.728. The van der Waals surface area contributed by atoms with Gasteiger partial charge in [-0.1, -0.05) is 37.5 Å². The number of para-hydroxylation sites is 1. The molecule has 0 aliphatic heterocycles. The molecule has 1 fully saturated rings. The summed E-state index contributed by atoms with van der Waals surface area (Å²) in [4.78, 5) is 14.2. The zero-order valence-electron chi connectivity index (χ0n) is 10.6.